The molecule has 4 rings (SSSR count). The summed E-state index contributed by atoms with van der Waals surface area (Å²) in [7, 11) is 0. The fraction of sp³-hybridized carbons (Fsp3) is 0.207. The van der Waals surface area contributed by atoms with E-state index in [9.17, 15) is 27.2 Å². The van der Waals surface area contributed by atoms with Gasteiger partial charge in [-0.2, -0.15) is 0 Å². The molecule has 0 saturated heterocycles. The molecule has 0 aliphatic rings. The molecule has 0 aliphatic carbocycles. The first kappa shape index (κ1) is 29.3. The molecule has 4 aromatic rings. The van der Waals surface area contributed by atoms with Crippen molar-refractivity contribution in [3.05, 3.63) is 99.2 Å². The Hall–Kier alpha value is -3.69. The van der Waals surface area contributed by atoms with Crippen molar-refractivity contribution in [1.82, 2.24) is 10.3 Å². The minimum Gasteiger partial charge on any atom is -0.458 e. The summed E-state index contributed by atoms with van der Waals surface area (Å²) in [5.74, 6) is -5.65. The summed E-state index contributed by atoms with van der Waals surface area (Å²) in [5, 5.41) is 2.57. The maximum absolute atomic E-state index is 14.4. The molecule has 1 heterocycles. The minimum absolute atomic E-state index is 0.00372. The largest absolute Gasteiger partial charge is 0.458 e. The second-order valence-electron chi connectivity index (χ2n) is 9.93. The van der Waals surface area contributed by atoms with E-state index in [1.807, 2.05) is 0 Å². The highest BCUT2D eigenvalue weighted by molar-refractivity contribution is 6.39. The van der Waals surface area contributed by atoms with Crippen LogP contribution in [0.3, 0.4) is 0 Å². The molecular formula is C29H22Cl2F4N2O3. The SMILES string of the molecule is CC(C)(C)OC(=O)[C@H](Cc1ccc(-c2c(Cl)cc(F)cc2Cl)c2ncc(F)cc12)NC(=O)c1c(F)cccc1F. The van der Waals surface area contributed by atoms with Gasteiger partial charge in [-0.15, -0.1) is 0 Å². The van der Waals surface area contributed by atoms with Crippen molar-refractivity contribution < 1.29 is 31.9 Å². The number of aromatic nitrogens is 1. The molecule has 11 heteroatoms. The molecule has 208 valence electrons. The number of ether oxygens (including phenoxy) is 1. The molecule has 0 saturated carbocycles. The van der Waals surface area contributed by atoms with Crippen molar-refractivity contribution in [3.63, 3.8) is 0 Å². The van der Waals surface area contributed by atoms with Crippen LogP contribution < -0.4 is 5.32 Å². The number of carbonyl (C=O) groups is 2. The van der Waals surface area contributed by atoms with E-state index >= 15 is 0 Å². The fourth-order valence-corrected chi connectivity index (χ4v) is 4.83. The number of esters is 1. The first-order valence-electron chi connectivity index (χ1n) is 11.9. The van der Waals surface area contributed by atoms with Crippen LogP contribution in [-0.4, -0.2) is 28.5 Å². The molecule has 0 spiro atoms. The smallest absolute Gasteiger partial charge is 0.329 e. The summed E-state index contributed by atoms with van der Waals surface area (Å²) < 4.78 is 62.2. The van der Waals surface area contributed by atoms with Gasteiger partial charge >= 0.3 is 5.97 Å². The van der Waals surface area contributed by atoms with Crippen molar-refractivity contribution in [2.24, 2.45) is 0 Å². The molecule has 5 nitrogen and oxygen atoms in total. The topological polar surface area (TPSA) is 68.3 Å². The molecule has 1 aromatic heterocycles. The Balaban J connectivity index is 1.81. The summed E-state index contributed by atoms with van der Waals surface area (Å²) in [5.41, 5.74) is -0.648. The normalized spacial score (nSPS) is 12.3. The van der Waals surface area contributed by atoms with Gasteiger partial charge in [0.15, 0.2) is 0 Å². The van der Waals surface area contributed by atoms with Crippen molar-refractivity contribution in [2.75, 3.05) is 0 Å². The highest BCUT2D eigenvalue weighted by Gasteiger charge is 2.30. The monoisotopic (exact) mass is 592 g/mol. The fourth-order valence-electron chi connectivity index (χ4n) is 4.16. The minimum atomic E-state index is -1.43. The quantitative estimate of drug-likeness (QED) is 0.186. The van der Waals surface area contributed by atoms with Crippen LogP contribution in [0.2, 0.25) is 10.0 Å². The number of carbonyl (C=O) groups excluding carboxylic acids is 2. The first-order valence-corrected chi connectivity index (χ1v) is 12.7. The van der Waals surface area contributed by atoms with E-state index in [1.54, 1.807) is 26.8 Å². The third-order valence-corrected chi connectivity index (χ3v) is 6.39. The molecule has 0 aliphatic heterocycles. The average molecular weight is 593 g/mol. The summed E-state index contributed by atoms with van der Waals surface area (Å²) in [6.45, 7) is 4.83. The number of fused-ring (bicyclic) bond motifs is 1. The second-order valence-corrected chi connectivity index (χ2v) is 10.7. The van der Waals surface area contributed by atoms with Crippen LogP contribution in [0.25, 0.3) is 22.0 Å². The van der Waals surface area contributed by atoms with Gasteiger partial charge in [0.25, 0.3) is 5.91 Å². The number of hydrogen-bond donors (Lipinski definition) is 1. The van der Waals surface area contributed by atoms with E-state index in [0.717, 1.165) is 42.6 Å². The maximum atomic E-state index is 14.4. The Bertz CT molecular complexity index is 1600. The maximum Gasteiger partial charge on any atom is 0.329 e. The lowest BCUT2D eigenvalue weighted by Crippen LogP contribution is -2.46. The van der Waals surface area contributed by atoms with Gasteiger partial charge in [-0.05, 0) is 56.7 Å². The molecular weight excluding hydrogens is 571 g/mol. The highest BCUT2D eigenvalue weighted by atomic mass is 35.5. The Labute approximate surface area is 237 Å². The van der Waals surface area contributed by atoms with Crippen molar-refractivity contribution in [2.45, 2.75) is 38.8 Å². The number of nitrogens with one attached hydrogen (secondary N) is 1. The summed E-state index contributed by atoms with van der Waals surface area (Å²) in [4.78, 5) is 30.2. The molecule has 1 amide bonds. The van der Waals surface area contributed by atoms with Gasteiger partial charge in [0.1, 0.15) is 40.5 Å². The molecule has 0 unspecified atom stereocenters. The van der Waals surface area contributed by atoms with Gasteiger partial charge in [-0.3, -0.25) is 9.78 Å². The van der Waals surface area contributed by atoms with E-state index in [1.165, 1.54) is 6.07 Å². The van der Waals surface area contributed by atoms with Gasteiger partial charge in [-0.1, -0.05) is 41.4 Å². The van der Waals surface area contributed by atoms with Gasteiger partial charge in [0.2, 0.25) is 0 Å². The van der Waals surface area contributed by atoms with Gasteiger partial charge < -0.3 is 10.1 Å². The number of nitrogens with zero attached hydrogens (tertiary/aromatic N) is 1. The lowest BCUT2D eigenvalue weighted by molar-refractivity contribution is -0.157. The van der Waals surface area contributed by atoms with Crippen LogP contribution in [0.1, 0.15) is 36.7 Å². The molecule has 0 bridgehead atoms. The van der Waals surface area contributed by atoms with Gasteiger partial charge in [0.05, 0.1) is 21.8 Å². The van der Waals surface area contributed by atoms with Crippen LogP contribution in [0, 0.1) is 23.3 Å². The Morgan fingerprint density at radius 1 is 0.950 bits per heavy atom. The van der Waals surface area contributed by atoms with Crippen LogP contribution >= 0.6 is 23.2 Å². The van der Waals surface area contributed by atoms with Crippen LogP contribution in [0.15, 0.2) is 54.7 Å². The summed E-state index contributed by atoms with van der Waals surface area (Å²) in [6.07, 6.45) is 0.707. The van der Waals surface area contributed by atoms with E-state index in [4.69, 9.17) is 27.9 Å². The van der Waals surface area contributed by atoms with E-state index in [-0.39, 0.29) is 32.9 Å². The number of rotatable bonds is 6. The predicted molar refractivity (Wildman–Crippen MR) is 144 cm³/mol. The first-order chi connectivity index (χ1) is 18.7. The number of benzene rings is 3. The highest BCUT2D eigenvalue weighted by Crippen LogP contribution is 2.39. The van der Waals surface area contributed by atoms with E-state index in [0.29, 0.717) is 11.1 Å². The molecule has 1 atom stereocenters. The number of amides is 1. The zero-order valence-corrected chi connectivity index (χ0v) is 22.9. The van der Waals surface area contributed by atoms with Crippen LogP contribution in [-0.2, 0) is 16.0 Å². The molecule has 3 aromatic carbocycles. The molecule has 0 fully saturated rings. The standard InChI is InChI=1S/C29H22Cl2F4N2O3/c1-29(2,3)40-28(39)23(37-27(38)25-21(34)5-4-6-22(25)35)9-14-7-8-17(26-18(14)10-16(33)13-36-26)24-19(30)11-15(32)12-20(24)31/h4-8,10-13,23H,9H2,1-3H3,(H,37,38)/t23-/m0/s1. The van der Waals surface area contributed by atoms with E-state index in [2.05, 4.69) is 10.3 Å². The number of pyridine rings is 1. The average Bonchev–Trinajstić information content (AvgIpc) is 2.82. The number of hydrogen-bond acceptors (Lipinski definition) is 4. The lowest BCUT2D eigenvalue weighted by Gasteiger charge is -2.25. The van der Waals surface area contributed by atoms with Crippen molar-refractivity contribution in [3.8, 4) is 11.1 Å². The third kappa shape index (κ3) is 6.37. The summed E-state index contributed by atoms with van der Waals surface area (Å²) in [6, 6.07) is 7.88. The van der Waals surface area contributed by atoms with Crippen molar-refractivity contribution >= 4 is 46.0 Å². The second kappa shape index (κ2) is 11.4. The van der Waals surface area contributed by atoms with E-state index < -0.39 is 52.4 Å². The van der Waals surface area contributed by atoms with Crippen molar-refractivity contribution in [1.29, 1.82) is 0 Å². The third-order valence-electron chi connectivity index (χ3n) is 5.79. The van der Waals surface area contributed by atoms with Crippen LogP contribution in [0.5, 0.6) is 0 Å². The van der Waals surface area contributed by atoms with Crippen LogP contribution in [0.4, 0.5) is 17.6 Å². The summed E-state index contributed by atoms with van der Waals surface area (Å²) >= 11 is 12.5. The Morgan fingerprint density at radius 3 is 2.17 bits per heavy atom. The molecule has 0 radical (unpaired) electrons. The molecule has 1 N–H and O–H groups in total. The predicted octanol–water partition coefficient (Wildman–Crippen LogP) is 7.45. The van der Waals surface area contributed by atoms with Gasteiger partial charge in [0, 0.05) is 22.9 Å². The Morgan fingerprint density at radius 2 is 1.57 bits per heavy atom. The Kier molecular flexibility index (Phi) is 8.37. The zero-order valence-electron chi connectivity index (χ0n) is 21.4. The number of halogens is 6. The van der Waals surface area contributed by atoms with Gasteiger partial charge in [-0.25, -0.2) is 22.4 Å². The zero-order chi connectivity index (χ0) is 29.4. The lowest BCUT2D eigenvalue weighted by atomic mass is 9.94. The molecule has 40 heavy (non-hydrogen) atoms.